The van der Waals surface area contributed by atoms with Crippen molar-refractivity contribution < 1.29 is 9.53 Å². The molecule has 0 fully saturated rings. The molecule has 5 heteroatoms. The number of para-hydroxylation sites is 1. The van der Waals surface area contributed by atoms with E-state index in [1.165, 1.54) is 11.1 Å². The highest BCUT2D eigenvalue weighted by molar-refractivity contribution is 5.85. The normalized spacial score (nSPS) is 21.1. The van der Waals surface area contributed by atoms with Crippen LogP contribution in [0.4, 0.5) is 5.69 Å². The summed E-state index contributed by atoms with van der Waals surface area (Å²) < 4.78 is 5.75. The number of hydrogen-bond acceptors (Lipinski definition) is 3. The fourth-order valence-electron chi connectivity index (χ4n) is 3.77. The number of halogens is 1. The Hall–Kier alpha value is -2.20. The minimum atomic E-state index is -0.126. The largest absolute Gasteiger partial charge is 0.492 e. The second-order valence-electron chi connectivity index (χ2n) is 6.73. The Morgan fingerprint density at radius 1 is 1.16 bits per heavy atom. The molecule has 132 valence electrons. The standard InChI is InChI=1S/C20H22N2O2.ClH/c21-16-8-9-17-13(11-16)5-3-6-18(17)22-20(23)15-10-14-4-1-2-7-19(14)24-12-15;/h1-2,4,7-9,11,15,18H,3,5-6,10,12,21H2,(H,22,23);1H. The van der Waals surface area contributed by atoms with E-state index in [1.54, 1.807) is 0 Å². The zero-order chi connectivity index (χ0) is 16.5. The molecule has 1 heterocycles. The lowest BCUT2D eigenvalue weighted by molar-refractivity contribution is -0.127. The van der Waals surface area contributed by atoms with Crippen molar-refractivity contribution in [2.45, 2.75) is 31.7 Å². The van der Waals surface area contributed by atoms with Gasteiger partial charge in [0, 0.05) is 5.69 Å². The Morgan fingerprint density at radius 2 is 2.00 bits per heavy atom. The molecule has 0 radical (unpaired) electrons. The SMILES string of the molecule is Cl.Nc1ccc2c(c1)CCCC2NC(=O)C1COc2ccccc2C1. The van der Waals surface area contributed by atoms with Gasteiger partial charge in [0.1, 0.15) is 12.4 Å². The number of fused-ring (bicyclic) bond motifs is 2. The Balaban J connectivity index is 0.00000182. The van der Waals surface area contributed by atoms with Gasteiger partial charge in [-0.2, -0.15) is 0 Å². The van der Waals surface area contributed by atoms with Crippen LogP contribution in [0.15, 0.2) is 42.5 Å². The highest BCUT2D eigenvalue weighted by Crippen LogP contribution is 2.32. The van der Waals surface area contributed by atoms with Crippen molar-refractivity contribution in [1.82, 2.24) is 5.32 Å². The van der Waals surface area contributed by atoms with Gasteiger partial charge in [-0.1, -0.05) is 24.3 Å². The zero-order valence-electron chi connectivity index (χ0n) is 14.0. The monoisotopic (exact) mass is 358 g/mol. The Bertz CT molecular complexity index is 778. The molecule has 1 aliphatic heterocycles. The van der Waals surface area contributed by atoms with Crippen LogP contribution in [0.3, 0.4) is 0 Å². The van der Waals surface area contributed by atoms with Crippen LogP contribution in [0.1, 0.15) is 35.6 Å². The van der Waals surface area contributed by atoms with Gasteiger partial charge in [0.05, 0.1) is 12.0 Å². The van der Waals surface area contributed by atoms with Crippen LogP contribution >= 0.6 is 12.4 Å². The van der Waals surface area contributed by atoms with E-state index in [1.807, 2.05) is 36.4 Å². The number of nitrogens with one attached hydrogen (secondary N) is 1. The molecule has 1 amide bonds. The molecule has 0 bridgehead atoms. The van der Waals surface area contributed by atoms with Crippen molar-refractivity contribution in [2.75, 3.05) is 12.3 Å². The van der Waals surface area contributed by atoms with E-state index >= 15 is 0 Å². The van der Waals surface area contributed by atoms with Gasteiger partial charge >= 0.3 is 0 Å². The third-order valence-electron chi connectivity index (χ3n) is 5.05. The van der Waals surface area contributed by atoms with Crippen LogP contribution in [-0.2, 0) is 17.6 Å². The summed E-state index contributed by atoms with van der Waals surface area (Å²) in [7, 11) is 0. The van der Waals surface area contributed by atoms with E-state index in [0.717, 1.165) is 42.7 Å². The summed E-state index contributed by atoms with van der Waals surface area (Å²) in [5.74, 6) is 0.860. The number of amides is 1. The van der Waals surface area contributed by atoms with Gasteiger partial charge in [0.2, 0.25) is 5.91 Å². The predicted molar refractivity (Wildman–Crippen MR) is 101 cm³/mol. The first kappa shape index (κ1) is 17.6. The lowest BCUT2D eigenvalue weighted by atomic mass is 9.86. The number of hydrogen-bond donors (Lipinski definition) is 2. The molecule has 4 nitrogen and oxygen atoms in total. The molecule has 2 aliphatic rings. The first-order chi connectivity index (χ1) is 11.7. The maximum Gasteiger partial charge on any atom is 0.227 e. The topological polar surface area (TPSA) is 64.3 Å². The van der Waals surface area contributed by atoms with Crippen LogP contribution in [0.2, 0.25) is 0 Å². The number of carbonyl (C=O) groups excluding carboxylic acids is 1. The number of aryl methyl sites for hydroxylation is 1. The number of anilines is 1. The van der Waals surface area contributed by atoms with Gasteiger partial charge < -0.3 is 15.8 Å². The summed E-state index contributed by atoms with van der Waals surface area (Å²) in [5, 5.41) is 3.24. The molecular formula is C20H23ClN2O2. The lowest BCUT2D eigenvalue weighted by Crippen LogP contribution is -2.40. The van der Waals surface area contributed by atoms with Crippen molar-refractivity contribution in [1.29, 1.82) is 0 Å². The fourth-order valence-corrected chi connectivity index (χ4v) is 3.77. The maximum atomic E-state index is 12.7. The molecule has 3 N–H and O–H groups in total. The predicted octanol–water partition coefficient (Wildman–Crippen LogP) is 3.44. The quantitative estimate of drug-likeness (QED) is 0.808. The van der Waals surface area contributed by atoms with Crippen molar-refractivity contribution in [2.24, 2.45) is 5.92 Å². The first-order valence-electron chi connectivity index (χ1n) is 8.60. The molecule has 2 atom stereocenters. The van der Waals surface area contributed by atoms with Gasteiger partial charge in [-0.25, -0.2) is 0 Å². The van der Waals surface area contributed by atoms with Crippen molar-refractivity contribution in [3.05, 3.63) is 59.2 Å². The molecule has 2 unspecified atom stereocenters. The van der Waals surface area contributed by atoms with Crippen LogP contribution < -0.4 is 15.8 Å². The smallest absolute Gasteiger partial charge is 0.227 e. The number of benzene rings is 2. The molecule has 0 spiro atoms. The van der Waals surface area contributed by atoms with E-state index in [0.29, 0.717) is 6.61 Å². The highest BCUT2D eigenvalue weighted by atomic mass is 35.5. The number of rotatable bonds is 2. The third kappa shape index (κ3) is 3.59. The fraction of sp³-hybridized carbons (Fsp3) is 0.350. The summed E-state index contributed by atoms with van der Waals surface area (Å²) >= 11 is 0. The highest BCUT2D eigenvalue weighted by Gasteiger charge is 2.29. The molecular weight excluding hydrogens is 336 g/mol. The molecule has 4 rings (SSSR count). The van der Waals surface area contributed by atoms with Gasteiger partial charge in [-0.05, 0) is 60.6 Å². The van der Waals surface area contributed by atoms with E-state index in [9.17, 15) is 4.79 Å². The van der Waals surface area contributed by atoms with E-state index in [-0.39, 0.29) is 30.3 Å². The number of nitrogen functional groups attached to an aromatic ring is 1. The summed E-state index contributed by atoms with van der Waals surface area (Å²) in [6.45, 7) is 0.449. The zero-order valence-corrected chi connectivity index (χ0v) is 14.9. The van der Waals surface area contributed by atoms with Crippen LogP contribution in [0.5, 0.6) is 5.75 Å². The molecule has 1 aliphatic carbocycles. The molecule has 25 heavy (non-hydrogen) atoms. The Labute approximate surface area is 154 Å². The molecule has 2 aromatic rings. The number of ether oxygens (including phenoxy) is 1. The third-order valence-corrected chi connectivity index (χ3v) is 5.05. The number of carbonyl (C=O) groups is 1. The van der Waals surface area contributed by atoms with Gasteiger partial charge in [0.25, 0.3) is 0 Å². The Kier molecular flexibility index (Phi) is 5.19. The van der Waals surface area contributed by atoms with Crippen molar-refractivity contribution >= 4 is 24.0 Å². The summed E-state index contributed by atoms with van der Waals surface area (Å²) in [6.07, 6.45) is 3.83. The second kappa shape index (κ2) is 7.36. The van der Waals surface area contributed by atoms with E-state index in [2.05, 4.69) is 11.4 Å². The van der Waals surface area contributed by atoms with Crippen molar-refractivity contribution in [3.63, 3.8) is 0 Å². The van der Waals surface area contributed by atoms with Crippen LogP contribution in [0.25, 0.3) is 0 Å². The summed E-state index contributed by atoms with van der Waals surface area (Å²) in [6, 6.07) is 14.0. The molecule has 2 aromatic carbocycles. The summed E-state index contributed by atoms with van der Waals surface area (Å²) in [4.78, 5) is 12.7. The summed E-state index contributed by atoms with van der Waals surface area (Å²) in [5.41, 5.74) is 10.3. The second-order valence-corrected chi connectivity index (χ2v) is 6.73. The average molecular weight is 359 g/mol. The molecule has 0 aromatic heterocycles. The van der Waals surface area contributed by atoms with Gasteiger partial charge in [-0.15, -0.1) is 12.4 Å². The molecule has 0 saturated heterocycles. The van der Waals surface area contributed by atoms with E-state index in [4.69, 9.17) is 10.5 Å². The van der Waals surface area contributed by atoms with Crippen molar-refractivity contribution in [3.8, 4) is 5.75 Å². The molecule has 0 saturated carbocycles. The lowest BCUT2D eigenvalue weighted by Gasteiger charge is -2.30. The van der Waals surface area contributed by atoms with Gasteiger partial charge in [0.15, 0.2) is 0 Å². The average Bonchev–Trinajstić information content (AvgIpc) is 2.61. The minimum absolute atomic E-state index is 0. The van der Waals surface area contributed by atoms with Gasteiger partial charge in [-0.3, -0.25) is 4.79 Å². The van der Waals surface area contributed by atoms with Crippen LogP contribution in [0, 0.1) is 5.92 Å². The minimum Gasteiger partial charge on any atom is -0.492 e. The number of nitrogens with two attached hydrogens (primary N) is 1. The first-order valence-corrected chi connectivity index (χ1v) is 8.60. The van der Waals surface area contributed by atoms with E-state index < -0.39 is 0 Å². The maximum absolute atomic E-state index is 12.7. The van der Waals surface area contributed by atoms with Crippen LogP contribution in [-0.4, -0.2) is 12.5 Å². The Morgan fingerprint density at radius 3 is 2.88 bits per heavy atom.